The Labute approximate surface area is 113 Å². The Morgan fingerprint density at radius 1 is 1.32 bits per heavy atom. The third kappa shape index (κ3) is 3.41. The molecule has 1 aromatic heterocycles. The average molecular weight is 261 g/mol. The van der Waals surface area contributed by atoms with Crippen LogP contribution >= 0.6 is 0 Å². The van der Waals surface area contributed by atoms with Crippen molar-refractivity contribution in [1.82, 2.24) is 15.1 Å². The molecule has 0 aliphatic heterocycles. The molecular weight excluding hydrogens is 241 g/mol. The predicted molar refractivity (Wildman–Crippen MR) is 75.0 cm³/mol. The minimum atomic E-state index is -0.230. The molecule has 0 atom stereocenters. The molecule has 19 heavy (non-hydrogen) atoms. The van der Waals surface area contributed by atoms with Gasteiger partial charge in [-0.15, -0.1) is 0 Å². The molecule has 2 rings (SSSR count). The summed E-state index contributed by atoms with van der Waals surface area (Å²) in [5.41, 5.74) is 2.70. The number of aromatic nitrogens is 2. The van der Waals surface area contributed by atoms with Crippen molar-refractivity contribution in [2.75, 3.05) is 6.54 Å². The number of nitrogens with one attached hydrogen (secondary N) is 1. The first kappa shape index (κ1) is 13.7. The molecule has 0 spiro atoms. The van der Waals surface area contributed by atoms with Crippen molar-refractivity contribution in [1.29, 1.82) is 0 Å². The summed E-state index contributed by atoms with van der Waals surface area (Å²) in [5.74, 6) is 0.142. The summed E-state index contributed by atoms with van der Waals surface area (Å²) in [4.78, 5) is 0. The van der Waals surface area contributed by atoms with Crippen LogP contribution < -0.4 is 5.32 Å². The second-order valence-electron chi connectivity index (χ2n) is 4.94. The van der Waals surface area contributed by atoms with E-state index < -0.39 is 0 Å². The van der Waals surface area contributed by atoms with Crippen molar-refractivity contribution in [3.05, 3.63) is 47.5 Å². The minimum Gasteiger partial charge on any atom is -0.313 e. The number of benzene rings is 1. The maximum absolute atomic E-state index is 13.6. The highest BCUT2D eigenvalue weighted by molar-refractivity contribution is 5.36. The molecule has 1 aromatic carbocycles. The molecule has 0 aliphatic rings. The van der Waals surface area contributed by atoms with Gasteiger partial charge >= 0.3 is 0 Å². The molecule has 0 unspecified atom stereocenters. The molecule has 0 bridgehead atoms. The van der Waals surface area contributed by atoms with Gasteiger partial charge in [0.05, 0.1) is 11.4 Å². The van der Waals surface area contributed by atoms with Crippen LogP contribution in [0.25, 0.3) is 5.69 Å². The van der Waals surface area contributed by atoms with E-state index in [0.717, 1.165) is 23.5 Å². The topological polar surface area (TPSA) is 29.9 Å². The normalized spacial score (nSPS) is 11.2. The molecule has 102 valence electrons. The number of hydrogen-bond acceptors (Lipinski definition) is 2. The van der Waals surface area contributed by atoms with Gasteiger partial charge in [0.15, 0.2) is 0 Å². The van der Waals surface area contributed by atoms with E-state index in [9.17, 15) is 4.39 Å². The molecule has 3 nitrogen and oxygen atoms in total. The number of nitrogens with zero attached hydrogens (tertiary/aromatic N) is 2. The van der Waals surface area contributed by atoms with E-state index in [-0.39, 0.29) is 5.82 Å². The van der Waals surface area contributed by atoms with Crippen LogP contribution in [0.4, 0.5) is 4.39 Å². The molecule has 2 aromatic rings. The summed E-state index contributed by atoms with van der Waals surface area (Å²) in [5, 5.41) is 7.67. The number of rotatable bonds is 5. The van der Waals surface area contributed by atoms with Gasteiger partial charge in [-0.2, -0.15) is 5.10 Å². The third-order valence-electron chi connectivity index (χ3n) is 2.99. The van der Waals surface area contributed by atoms with E-state index >= 15 is 0 Å². The van der Waals surface area contributed by atoms with Gasteiger partial charge in [-0.25, -0.2) is 9.07 Å². The summed E-state index contributed by atoms with van der Waals surface area (Å²) < 4.78 is 15.4. The highest BCUT2D eigenvalue weighted by Crippen LogP contribution is 2.16. The van der Waals surface area contributed by atoms with E-state index in [1.807, 2.05) is 25.3 Å². The Hall–Kier alpha value is -1.68. The first-order valence-corrected chi connectivity index (χ1v) is 6.66. The Bertz CT molecular complexity index is 546. The summed E-state index contributed by atoms with van der Waals surface area (Å²) in [6.45, 7) is 7.75. The molecule has 0 saturated heterocycles. The van der Waals surface area contributed by atoms with Crippen LogP contribution in [0, 0.1) is 5.82 Å². The maximum atomic E-state index is 13.6. The average Bonchev–Trinajstić information content (AvgIpc) is 2.85. The van der Waals surface area contributed by atoms with Crippen LogP contribution in [-0.4, -0.2) is 16.3 Å². The molecule has 0 aliphatic carbocycles. The third-order valence-corrected chi connectivity index (χ3v) is 2.99. The fourth-order valence-electron chi connectivity index (χ4n) is 1.93. The van der Waals surface area contributed by atoms with Crippen LogP contribution in [0.15, 0.2) is 30.5 Å². The lowest BCUT2D eigenvalue weighted by atomic mass is 10.1. The fraction of sp³-hybridized carbons (Fsp3) is 0.400. The zero-order chi connectivity index (χ0) is 13.8. The Morgan fingerprint density at radius 3 is 2.74 bits per heavy atom. The Kier molecular flexibility index (Phi) is 4.32. The van der Waals surface area contributed by atoms with Crippen molar-refractivity contribution in [3.63, 3.8) is 0 Å². The summed E-state index contributed by atoms with van der Waals surface area (Å²) in [6.07, 6.45) is 1.88. The molecule has 4 heteroatoms. The maximum Gasteiger partial charge on any atom is 0.125 e. The number of hydrogen-bond donors (Lipinski definition) is 1. The zero-order valence-corrected chi connectivity index (χ0v) is 11.7. The lowest BCUT2D eigenvalue weighted by molar-refractivity contribution is 0.618. The number of halogens is 1. The van der Waals surface area contributed by atoms with Crippen LogP contribution in [0.3, 0.4) is 0 Å². The smallest absolute Gasteiger partial charge is 0.125 e. The van der Waals surface area contributed by atoms with E-state index in [0.29, 0.717) is 12.5 Å². The summed E-state index contributed by atoms with van der Waals surface area (Å²) in [7, 11) is 0. The SMILES string of the molecule is CCNCc1cc(F)cc(-n2ccc(C(C)C)n2)c1. The highest BCUT2D eigenvalue weighted by atomic mass is 19.1. The largest absolute Gasteiger partial charge is 0.313 e. The fourth-order valence-corrected chi connectivity index (χ4v) is 1.93. The second kappa shape index (κ2) is 5.97. The van der Waals surface area contributed by atoms with Gasteiger partial charge in [-0.1, -0.05) is 20.8 Å². The first-order chi connectivity index (χ1) is 9.10. The second-order valence-corrected chi connectivity index (χ2v) is 4.94. The highest BCUT2D eigenvalue weighted by Gasteiger charge is 2.07. The Morgan fingerprint density at radius 2 is 2.11 bits per heavy atom. The molecule has 0 fully saturated rings. The quantitative estimate of drug-likeness (QED) is 0.895. The zero-order valence-electron chi connectivity index (χ0n) is 11.7. The monoisotopic (exact) mass is 261 g/mol. The molecule has 0 amide bonds. The van der Waals surface area contributed by atoms with Gasteiger partial charge in [0.1, 0.15) is 5.82 Å². The van der Waals surface area contributed by atoms with Crippen molar-refractivity contribution < 1.29 is 4.39 Å². The van der Waals surface area contributed by atoms with E-state index in [2.05, 4.69) is 24.3 Å². The molecule has 1 N–H and O–H groups in total. The summed E-state index contributed by atoms with van der Waals surface area (Å²) in [6, 6.07) is 6.99. The van der Waals surface area contributed by atoms with Crippen molar-refractivity contribution in [2.45, 2.75) is 33.2 Å². The van der Waals surface area contributed by atoms with Gasteiger partial charge in [0, 0.05) is 12.7 Å². The standard InChI is InChI=1S/C15H20FN3/c1-4-17-10-12-7-13(16)9-14(8-12)19-6-5-15(18-19)11(2)3/h5-9,11,17H,4,10H2,1-3H3. The van der Waals surface area contributed by atoms with Crippen LogP contribution in [0.5, 0.6) is 0 Å². The lowest BCUT2D eigenvalue weighted by Gasteiger charge is -2.07. The van der Waals surface area contributed by atoms with Crippen LogP contribution in [0.1, 0.15) is 37.9 Å². The van der Waals surface area contributed by atoms with Gasteiger partial charge in [-0.3, -0.25) is 0 Å². The van der Waals surface area contributed by atoms with Gasteiger partial charge in [0.25, 0.3) is 0 Å². The first-order valence-electron chi connectivity index (χ1n) is 6.66. The van der Waals surface area contributed by atoms with Crippen molar-refractivity contribution >= 4 is 0 Å². The molecule has 1 heterocycles. The Balaban J connectivity index is 2.29. The minimum absolute atomic E-state index is 0.230. The molecular formula is C15H20FN3. The van der Waals surface area contributed by atoms with Crippen molar-refractivity contribution in [3.8, 4) is 5.69 Å². The molecule has 0 saturated carbocycles. The lowest BCUT2D eigenvalue weighted by Crippen LogP contribution is -2.12. The van der Waals surface area contributed by atoms with Crippen molar-refractivity contribution in [2.24, 2.45) is 0 Å². The van der Waals surface area contributed by atoms with E-state index in [1.165, 1.54) is 6.07 Å². The van der Waals surface area contributed by atoms with Crippen LogP contribution in [0.2, 0.25) is 0 Å². The summed E-state index contributed by atoms with van der Waals surface area (Å²) >= 11 is 0. The predicted octanol–water partition coefficient (Wildman–Crippen LogP) is 3.24. The molecule has 0 radical (unpaired) electrons. The van der Waals surface area contributed by atoms with Gasteiger partial charge in [-0.05, 0) is 42.3 Å². The van der Waals surface area contributed by atoms with Crippen LogP contribution in [-0.2, 0) is 6.54 Å². The van der Waals surface area contributed by atoms with E-state index in [1.54, 1.807) is 10.7 Å². The van der Waals surface area contributed by atoms with E-state index in [4.69, 9.17) is 0 Å². The van der Waals surface area contributed by atoms with Gasteiger partial charge in [0.2, 0.25) is 0 Å². The van der Waals surface area contributed by atoms with Gasteiger partial charge < -0.3 is 5.32 Å².